The Balaban J connectivity index is 1.70. The van der Waals surface area contributed by atoms with Gasteiger partial charge in [-0.25, -0.2) is 0 Å². The zero-order valence-electron chi connectivity index (χ0n) is 19.1. The lowest BCUT2D eigenvalue weighted by Gasteiger charge is -2.02. The zero-order chi connectivity index (χ0) is 21.1. The molecule has 2 aromatic rings. The van der Waals surface area contributed by atoms with Gasteiger partial charge in [0.2, 0.25) is 0 Å². The Morgan fingerprint density at radius 3 is 2.00 bits per heavy atom. The minimum absolute atomic E-state index is 1.03. The van der Waals surface area contributed by atoms with E-state index in [1.54, 1.807) is 0 Å². The normalized spacial score (nSPS) is 13.2. The molecule has 0 saturated carbocycles. The molecule has 0 aliphatic rings. The molecule has 1 nitrogen and oxygen atoms in total. The SMILES string of the molecule is CC(C)=CCC/C(C)=C/CC/C(C)=C/CC/C=C(\C)Cc1c[nH]c2ccccc12. The number of para-hydroxylation sites is 1. The van der Waals surface area contributed by atoms with Crippen LogP contribution in [0.5, 0.6) is 0 Å². The average Bonchev–Trinajstić information content (AvgIpc) is 3.08. The number of unbranched alkanes of at least 4 members (excludes halogenated alkanes) is 1. The van der Waals surface area contributed by atoms with Gasteiger partial charge >= 0.3 is 0 Å². The van der Waals surface area contributed by atoms with E-state index < -0.39 is 0 Å². The smallest absolute Gasteiger partial charge is 0.0456 e. The van der Waals surface area contributed by atoms with Gasteiger partial charge < -0.3 is 4.98 Å². The largest absolute Gasteiger partial charge is 0.361 e. The molecule has 1 aromatic heterocycles. The Bertz CT molecular complexity index is 882. The van der Waals surface area contributed by atoms with Crippen LogP contribution in [-0.4, -0.2) is 4.98 Å². The van der Waals surface area contributed by atoms with Gasteiger partial charge in [-0.2, -0.15) is 0 Å². The summed E-state index contributed by atoms with van der Waals surface area (Å²) in [5.74, 6) is 0. The molecule has 2 rings (SSSR count). The standard InChI is InChI=1S/C28H39N/c1-22(2)12-10-15-24(4)17-11-16-23(3)13-6-7-14-25(5)20-26-21-29-28-19-9-8-18-27(26)28/h8-9,12-14,17-19,21,29H,6-7,10-11,15-16,20H2,1-5H3/b23-13+,24-17+,25-14+. The van der Waals surface area contributed by atoms with Gasteiger partial charge in [-0.15, -0.1) is 0 Å². The fourth-order valence-electron chi connectivity index (χ4n) is 3.65. The summed E-state index contributed by atoms with van der Waals surface area (Å²) >= 11 is 0. The summed E-state index contributed by atoms with van der Waals surface area (Å²) in [6.07, 6.45) is 19.7. The first kappa shape index (κ1) is 23.0. The Kier molecular flexibility index (Phi) is 9.77. The molecular formula is C28H39N. The van der Waals surface area contributed by atoms with Crippen LogP contribution in [0, 0.1) is 0 Å². The third-order valence-corrected chi connectivity index (χ3v) is 5.42. The molecule has 1 heterocycles. The number of hydrogen-bond donors (Lipinski definition) is 1. The van der Waals surface area contributed by atoms with Crippen molar-refractivity contribution in [2.75, 3.05) is 0 Å². The van der Waals surface area contributed by atoms with E-state index >= 15 is 0 Å². The van der Waals surface area contributed by atoms with Crippen molar-refractivity contribution in [3.8, 4) is 0 Å². The molecule has 0 amide bonds. The van der Waals surface area contributed by atoms with Gasteiger partial charge in [0.05, 0.1) is 0 Å². The van der Waals surface area contributed by atoms with Gasteiger partial charge in [-0.3, -0.25) is 0 Å². The van der Waals surface area contributed by atoms with Crippen molar-refractivity contribution >= 4 is 10.9 Å². The average molecular weight is 390 g/mol. The number of aromatic nitrogens is 1. The third kappa shape index (κ3) is 8.73. The first-order chi connectivity index (χ1) is 14.0. The minimum Gasteiger partial charge on any atom is -0.361 e. The fourth-order valence-corrected chi connectivity index (χ4v) is 3.65. The van der Waals surface area contributed by atoms with Crippen molar-refractivity contribution in [2.45, 2.75) is 79.6 Å². The van der Waals surface area contributed by atoms with Crippen molar-refractivity contribution in [3.63, 3.8) is 0 Å². The Morgan fingerprint density at radius 2 is 1.31 bits per heavy atom. The maximum Gasteiger partial charge on any atom is 0.0456 e. The van der Waals surface area contributed by atoms with Crippen LogP contribution >= 0.6 is 0 Å². The Hall–Kier alpha value is -2.28. The first-order valence-electron chi connectivity index (χ1n) is 11.1. The highest BCUT2D eigenvalue weighted by atomic mass is 14.7. The summed E-state index contributed by atoms with van der Waals surface area (Å²) in [5, 5.41) is 1.35. The second-order valence-electron chi connectivity index (χ2n) is 8.62. The molecule has 0 saturated heterocycles. The Morgan fingerprint density at radius 1 is 0.724 bits per heavy atom. The van der Waals surface area contributed by atoms with E-state index in [1.807, 2.05) is 0 Å². The van der Waals surface area contributed by atoms with Gasteiger partial charge in [0.25, 0.3) is 0 Å². The third-order valence-electron chi connectivity index (χ3n) is 5.42. The van der Waals surface area contributed by atoms with E-state index in [0.717, 1.165) is 19.3 Å². The fraction of sp³-hybridized carbons (Fsp3) is 0.429. The van der Waals surface area contributed by atoms with Crippen LogP contribution in [0.25, 0.3) is 10.9 Å². The van der Waals surface area contributed by atoms with E-state index in [1.165, 1.54) is 64.4 Å². The van der Waals surface area contributed by atoms with E-state index in [4.69, 9.17) is 0 Å². The van der Waals surface area contributed by atoms with Crippen LogP contribution in [0.2, 0.25) is 0 Å². The molecule has 0 unspecified atom stereocenters. The van der Waals surface area contributed by atoms with Crippen molar-refractivity contribution in [1.29, 1.82) is 0 Å². The predicted molar refractivity (Wildman–Crippen MR) is 130 cm³/mol. The molecule has 0 fully saturated rings. The maximum absolute atomic E-state index is 3.37. The van der Waals surface area contributed by atoms with Crippen LogP contribution in [0.15, 0.2) is 77.1 Å². The topological polar surface area (TPSA) is 15.8 Å². The molecule has 1 aromatic carbocycles. The molecule has 1 N–H and O–H groups in total. The lowest BCUT2D eigenvalue weighted by atomic mass is 10.0. The molecular weight excluding hydrogens is 350 g/mol. The van der Waals surface area contributed by atoms with Gasteiger partial charge in [0.15, 0.2) is 0 Å². The quantitative estimate of drug-likeness (QED) is 0.292. The lowest BCUT2D eigenvalue weighted by Crippen LogP contribution is -1.85. The molecule has 0 aliphatic heterocycles. The van der Waals surface area contributed by atoms with Gasteiger partial charge in [-0.05, 0) is 91.2 Å². The van der Waals surface area contributed by atoms with Gasteiger partial charge in [0.1, 0.15) is 0 Å². The summed E-state index contributed by atoms with van der Waals surface area (Å²) in [4.78, 5) is 3.37. The summed E-state index contributed by atoms with van der Waals surface area (Å²) in [7, 11) is 0. The highest BCUT2D eigenvalue weighted by Gasteiger charge is 2.03. The molecule has 0 spiro atoms. The summed E-state index contributed by atoms with van der Waals surface area (Å²) in [6, 6.07) is 8.55. The molecule has 0 bridgehead atoms. The number of nitrogens with one attached hydrogen (secondary N) is 1. The maximum atomic E-state index is 3.37. The van der Waals surface area contributed by atoms with Crippen LogP contribution in [0.3, 0.4) is 0 Å². The van der Waals surface area contributed by atoms with Crippen molar-refractivity contribution in [1.82, 2.24) is 4.98 Å². The van der Waals surface area contributed by atoms with E-state index in [0.29, 0.717) is 0 Å². The highest BCUT2D eigenvalue weighted by molar-refractivity contribution is 5.83. The summed E-state index contributed by atoms with van der Waals surface area (Å²) < 4.78 is 0. The Labute approximate surface area is 178 Å². The van der Waals surface area contributed by atoms with Crippen molar-refractivity contribution in [3.05, 3.63) is 82.6 Å². The number of benzene rings is 1. The number of fused-ring (bicyclic) bond motifs is 1. The molecule has 0 radical (unpaired) electrons. The van der Waals surface area contributed by atoms with E-state index in [-0.39, 0.29) is 0 Å². The monoisotopic (exact) mass is 389 g/mol. The van der Waals surface area contributed by atoms with E-state index in [2.05, 4.69) is 94.4 Å². The molecule has 0 aliphatic carbocycles. The van der Waals surface area contributed by atoms with Crippen LogP contribution in [0.1, 0.15) is 78.7 Å². The summed E-state index contributed by atoms with van der Waals surface area (Å²) in [6.45, 7) is 11.1. The van der Waals surface area contributed by atoms with E-state index in [9.17, 15) is 0 Å². The van der Waals surface area contributed by atoms with Crippen LogP contribution < -0.4 is 0 Å². The number of H-pyrrole nitrogens is 1. The number of rotatable bonds is 11. The summed E-state index contributed by atoms with van der Waals surface area (Å²) in [5.41, 5.74) is 8.54. The van der Waals surface area contributed by atoms with Crippen LogP contribution in [-0.2, 0) is 6.42 Å². The number of allylic oxidation sites excluding steroid dienone is 8. The highest BCUT2D eigenvalue weighted by Crippen LogP contribution is 2.21. The second kappa shape index (κ2) is 12.3. The van der Waals surface area contributed by atoms with Gasteiger partial charge in [0, 0.05) is 17.1 Å². The van der Waals surface area contributed by atoms with Gasteiger partial charge in [-0.1, -0.05) is 64.8 Å². The number of aromatic amines is 1. The molecule has 156 valence electrons. The predicted octanol–water partition coefficient (Wildman–Crippen LogP) is 8.86. The van der Waals surface area contributed by atoms with Crippen LogP contribution in [0.4, 0.5) is 0 Å². The molecule has 0 atom stereocenters. The minimum atomic E-state index is 1.03. The van der Waals surface area contributed by atoms with Crippen molar-refractivity contribution in [2.24, 2.45) is 0 Å². The lowest BCUT2D eigenvalue weighted by molar-refractivity contribution is 0.906. The van der Waals surface area contributed by atoms with Crippen molar-refractivity contribution < 1.29 is 0 Å². The molecule has 1 heteroatoms. The number of hydrogen-bond acceptors (Lipinski definition) is 0. The zero-order valence-corrected chi connectivity index (χ0v) is 19.1. The first-order valence-corrected chi connectivity index (χ1v) is 11.1. The second-order valence-corrected chi connectivity index (χ2v) is 8.62. The molecule has 29 heavy (non-hydrogen) atoms.